The van der Waals surface area contributed by atoms with Crippen molar-refractivity contribution in [3.8, 4) is 0 Å². The number of rotatable bonds is 5. The highest BCUT2D eigenvalue weighted by atomic mass is 79.9. The molecule has 0 aliphatic carbocycles. The molecule has 200 valence electrons. The van der Waals surface area contributed by atoms with E-state index in [1.54, 1.807) is 43.3 Å². The number of methoxy groups -OCH3 is 1. The van der Waals surface area contributed by atoms with Crippen molar-refractivity contribution in [3.05, 3.63) is 68.7 Å². The topological polar surface area (TPSA) is 102 Å². The normalized spacial score (nSPS) is 22.0. The number of nitrogens with zero attached hydrogens (tertiary/aromatic N) is 4. The lowest BCUT2D eigenvalue weighted by Gasteiger charge is -2.34. The molecule has 0 radical (unpaired) electrons. The number of ether oxygens (including phenoxy) is 1. The molecule has 2 aromatic carbocycles. The SMILES string of the molecule is COC(=O)C1CCCCN1S(=O)(=O)c1cnc2n1[C@](C)(c1ccc(Br)cc1)C(=O)N2c1cc(Cl)cc(Cl)c1. The zero-order valence-corrected chi connectivity index (χ0v) is 24.3. The van der Waals surface area contributed by atoms with E-state index >= 15 is 0 Å². The van der Waals surface area contributed by atoms with Gasteiger partial charge < -0.3 is 4.74 Å². The maximum Gasteiger partial charge on any atom is 0.324 e. The molecule has 38 heavy (non-hydrogen) atoms. The van der Waals surface area contributed by atoms with Crippen molar-refractivity contribution < 1.29 is 22.7 Å². The van der Waals surface area contributed by atoms with Gasteiger partial charge in [0.05, 0.1) is 19.0 Å². The second kappa shape index (κ2) is 9.95. The Hall–Kier alpha value is -2.44. The van der Waals surface area contributed by atoms with Crippen LogP contribution in [-0.2, 0) is 29.9 Å². The monoisotopic (exact) mass is 640 g/mol. The summed E-state index contributed by atoms with van der Waals surface area (Å²) in [5.74, 6) is -0.985. The van der Waals surface area contributed by atoms with Gasteiger partial charge in [0.1, 0.15) is 6.04 Å². The molecule has 2 atom stereocenters. The molecule has 2 aliphatic rings. The summed E-state index contributed by atoms with van der Waals surface area (Å²) in [6.07, 6.45) is 2.83. The first-order valence-electron chi connectivity index (χ1n) is 11.7. The van der Waals surface area contributed by atoms with E-state index < -0.39 is 33.5 Å². The summed E-state index contributed by atoms with van der Waals surface area (Å²) in [6, 6.07) is 10.7. The third-order valence-electron chi connectivity index (χ3n) is 6.99. The van der Waals surface area contributed by atoms with E-state index in [1.807, 2.05) is 0 Å². The van der Waals surface area contributed by atoms with Gasteiger partial charge in [0.2, 0.25) is 5.95 Å². The van der Waals surface area contributed by atoms with Crippen LogP contribution in [0.4, 0.5) is 11.6 Å². The van der Waals surface area contributed by atoms with Gasteiger partial charge in [0, 0.05) is 21.1 Å². The maximum absolute atomic E-state index is 14.2. The second-order valence-electron chi connectivity index (χ2n) is 9.23. The standard InChI is InChI=1S/C25H23BrCl2N4O5S/c1-25(15-6-8-16(26)9-7-15)23(34)31(19-12-17(27)11-18(28)13-19)24-29-14-21(32(24)25)38(35,36)30-10-4-3-5-20(30)22(33)37-2/h6-9,11-14,20H,3-5,10H2,1-2H3/t20?,25-/m1/s1. The number of anilines is 2. The number of hydrogen-bond donors (Lipinski definition) is 0. The number of amides is 1. The van der Waals surface area contributed by atoms with E-state index in [9.17, 15) is 18.0 Å². The number of hydrogen-bond acceptors (Lipinski definition) is 6. The van der Waals surface area contributed by atoms with Gasteiger partial charge in [-0.3, -0.25) is 14.2 Å². The number of carbonyl (C=O) groups excluding carboxylic acids is 2. The van der Waals surface area contributed by atoms with Crippen molar-refractivity contribution in [1.29, 1.82) is 0 Å². The van der Waals surface area contributed by atoms with Crippen molar-refractivity contribution in [1.82, 2.24) is 13.9 Å². The first-order chi connectivity index (χ1) is 18.0. The Labute approximate surface area is 238 Å². The fourth-order valence-corrected chi connectivity index (χ4v) is 7.70. The first-order valence-corrected chi connectivity index (χ1v) is 14.7. The number of sulfonamides is 1. The predicted molar refractivity (Wildman–Crippen MR) is 146 cm³/mol. The summed E-state index contributed by atoms with van der Waals surface area (Å²) < 4.78 is 36.5. The average Bonchev–Trinajstić information content (AvgIpc) is 3.42. The number of imidazole rings is 1. The Morgan fingerprint density at radius 2 is 1.79 bits per heavy atom. The minimum Gasteiger partial charge on any atom is -0.468 e. The Morgan fingerprint density at radius 3 is 2.42 bits per heavy atom. The Balaban J connectivity index is 1.74. The van der Waals surface area contributed by atoms with E-state index in [1.165, 1.54) is 28.8 Å². The molecule has 1 aromatic heterocycles. The largest absolute Gasteiger partial charge is 0.468 e. The van der Waals surface area contributed by atoms with Crippen molar-refractivity contribution in [2.75, 3.05) is 18.6 Å². The van der Waals surface area contributed by atoms with Gasteiger partial charge in [-0.05, 0) is 62.1 Å². The highest BCUT2D eigenvalue weighted by molar-refractivity contribution is 9.10. The minimum atomic E-state index is -4.29. The molecule has 0 N–H and O–H groups in total. The molecule has 2 aliphatic heterocycles. The molecule has 3 heterocycles. The summed E-state index contributed by atoms with van der Waals surface area (Å²) in [5.41, 5.74) is -0.616. The van der Waals surface area contributed by atoms with Crippen LogP contribution in [0.3, 0.4) is 0 Å². The second-order valence-corrected chi connectivity index (χ2v) is 12.9. The Kier molecular flexibility index (Phi) is 7.10. The van der Waals surface area contributed by atoms with Crippen LogP contribution >= 0.6 is 39.1 Å². The molecule has 13 heteroatoms. The number of piperidine rings is 1. The lowest BCUT2D eigenvalue weighted by molar-refractivity contribution is -0.146. The van der Waals surface area contributed by atoms with E-state index in [4.69, 9.17) is 27.9 Å². The van der Waals surface area contributed by atoms with Gasteiger partial charge >= 0.3 is 5.97 Å². The Bertz CT molecular complexity index is 1530. The van der Waals surface area contributed by atoms with Gasteiger partial charge in [0.25, 0.3) is 15.9 Å². The van der Waals surface area contributed by atoms with Crippen LogP contribution in [-0.4, -0.2) is 53.8 Å². The highest BCUT2D eigenvalue weighted by Gasteiger charge is 2.54. The van der Waals surface area contributed by atoms with Gasteiger partial charge in [-0.1, -0.05) is 51.3 Å². The molecule has 9 nitrogen and oxygen atoms in total. The summed E-state index contributed by atoms with van der Waals surface area (Å²) in [6.45, 7) is 1.78. The summed E-state index contributed by atoms with van der Waals surface area (Å²) in [4.78, 5) is 32.4. The fraction of sp³-hybridized carbons (Fsp3) is 0.320. The Morgan fingerprint density at radius 1 is 1.13 bits per heavy atom. The van der Waals surface area contributed by atoms with Crippen LogP contribution in [0.15, 0.2) is 58.2 Å². The lowest BCUT2D eigenvalue weighted by Crippen LogP contribution is -2.49. The smallest absolute Gasteiger partial charge is 0.324 e. The summed E-state index contributed by atoms with van der Waals surface area (Å²) in [7, 11) is -3.06. The molecule has 5 rings (SSSR count). The molecule has 0 saturated carbocycles. The lowest BCUT2D eigenvalue weighted by atomic mass is 9.91. The summed E-state index contributed by atoms with van der Waals surface area (Å²) in [5, 5.41) is 0.396. The summed E-state index contributed by atoms with van der Waals surface area (Å²) >= 11 is 15.9. The van der Waals surface area contributed by atoms with Crippen molar-refractivity contribution >= 4 is 72.7 Å². The van der Waals surface area contributed by atoms with Crippen LogP contribution in [0, 0.1) is 0 Å². The predicted octanol–water partition coefficient (Wildman–Crippen LogP) is 5.11. The number of esters is 1. The van der Waals surface area contributed by atoms with Crippen molar-refractivity contribution in [2.45, 2.75) is 42.8 Å². The molecule has 0 spiro atoms. The zero-order chi connectivity index (χ0) is 27.4. The average molecular weight is 642 g/mol. The van der Waals surface area contributed by atoms with Crippen LogP contribution in [0.2, 0.25) is 10.0 Å². The number of aromatic nitrogens is 2. The number of carbonyl (C=O) groups is 2. The third kappa shape index (κ3) is 4.24. The van der Waals surface area contributed by atoms with E-state index in [-0.39, 0.29) is 17.5 Å². The quantitative estimate of drug-likeness (QED) is 0.359. The molecule has 1 saturated heterocycles. The maximum atomic E-state index is 14.2. The number of benzene rings is 2. The first kappa shape index (κ1) is 27.1. The van der Waals surface area contributed by atoms with Crippen LogP contribution in [0.5, 0.6) is 0 Å². The highest BCUT2D eigenvalue weighted by Crippen LogP contribution is 2.46. The molecular formula is C25H23BrCl2N4O5S. The minimum absolute atomic E-state index is 0.0870. The third-order valence-corrected chi connectivity index (χ3v) is 9.83. The van der Waals surface area contributed by atoms with Crippen molar-refractivity contribution in [3.63, 3.8) is 0 Å². The molecular weight excluding hydrogens is 619 g/mol. The molecule has 1 unspecified atom stereocenters. The number of halogens is 3. The van der Waals surface area contributed by atoms with Gasteiger partial charge in [-0.25, -0.2) is 18.3 Å². The molecule has 1 fully saturated rings. The van der Waals surface area contributed by atoms with Crippen molar-refractivity contribution in [2.24, 2.45) is 0 Å². The van der Waals surface area contributed by atoms with E-state index in [2.05, 4.69) is 20.9 Å². The molecule has 0 bridgehead atoms. The van der Waals surface area contributed by atoms with Crippen LogP contribution < -0.4 is 4.90 Å². The van der Waals surface area contributed by atoms with Crippen LogP contribution in [0.25, 0.3) is 0 Å². The van der Waals surface area contributed by atoms with Gasteiger partial charge in [-0.15, -0.1) is 0 Å². The number of fused-ring (bicyclic) bond motifs is 1. The van der Waals surface area contributed by atoms with Crippen LogP contribution in [0.1, 0.15) is 31.7 Å². The molecule has 1 amide bonds. The fourth-order valence-electron chi connectivity index (χ4n) is 5.10. The van der Waals surface area contributed by atoms with E-state index in [0.29, 0.717) is 40.6 Å². The molecule has 3 aromatic rings. The van der Waals surface area contributed by atoms with E-state index in [0.717, 1.165) is 8.78 Å². The van der Waals surface area contributed by atoms with Gasteiger partial charge in [0.15, 0.2) is 10.6 Å². The zero-order valence-electron chi connectivity index (χ0n) is 20.4. The van der Waals surface area contributed by atoms with Gasteiger partial charge in [-0.2, -0.15) is 4.31 Å².